The van der Waals surface area contributed by atoms with Gasteiger partial charge in [0.05, 0.1) is 5.69 Å². The standard InChI is InChI=1S/C19H20N4O3S2/c1-14-7-9-20-23(14)16-6-4-5-15(13-16)21-19(24)18-17(8-12-27-18)28(25,26)22-10-2-3-11-22/h4-9,12-13H,2-3,10-11H2,1H3,(H,21,24). The van der Waals surface area contributed by atoms with Crippen LogP contribution in [-0.4, -0.2) is 41.5 Å². The molecule has 2 aromatic heterocycles. The largest absolute Gasteiger partial charge is 0.321 e. The molecule has 3 aromatic rings. The number of hydrogen-bond donors (Lipinski definition) is 1. The Morgan fingerprint density at radius 1 is 1.18 bits per heavy atom. The Bertz CT molecular complexity index is 1110. The number of nitrogens with zero attached hydrogens (tertiary/aromatic N) is 3. The van der Waals surface area contributed by atoms with Gasteiger partial charge < -0.3 is 5.32 Å². The molecular formula is C19H20N4O3S2. The first-order valence-corrected chi connectivity index (χ1v) is 11.3. The van der Waals surface area contributed by atoms with Gasteiger partial charge in [-0.15, -0.1) is 11.3 Å². The van der Waals surface area contributed by atoms with Gasteiger partial charge in [0.1, 0.15) is 9.77 Å². The fourth-order valence-electron chi connectivity index (χ4n) is 3.28. The van der Waals surface area contributed by atoms with E-state index in [1.807, 2.05) is 25.1 Å². The molecule has 1 aromatic carbocycles. The molecule has 0 saturated carbocycles. The summed E-state index contributed by atoms with van der Waals surface area (Å²) in [6.45, 7) is 2.95. The molecule has 0 spiro atoms. The highest BCUT2D eigenvalue weighted by molar-refractivity contribution is 7.89. The lowest BCUT2D eigenvalue weighted by Gasteiger charge is -2.15. The van der Waals surface area contributed by atoms with Crippen LogP contribution in [0.15, 0.2) is 52.9 Å². The van der Waals surface area contributed by atoms with E-state index >= 15 is 0 Å². The third-order valence-electron chi connectivity index (χ3n) is 4.70. The first-order chi connectivity index (χ1) is 13.5. The Kier molecular flexibility index (Phi) is 5.05. The SMILES string of the molecule is Cc1ccnn1-c1cccc(NC(=O)c2sccc2S(=O)(=O)N2CCCC2)c1. The van der Waals surface area contributed by atoms with E-state index in [0.29, 0.717) is 18.8 Å². The topological polar surface area (TPSA) is 84.3 Å². The second kappa shape index (κ2) is 7.50. The van der Waals surface area contributed by atoms with Crippen molar-refractivity contribution in [3.8, 4) is 5.69 Å². The van der Waals surface area contributed by atoms with E-state index < -0.39 is 15.9 Å². The van der Waals surface area contributed by atoms with Crippen LogP contribution in [0.25, 0.3) is 5.69 Å². The van der Waals surface area contributed by atoms with Gasteiger partial charge in [-0.25, -0.2) is 13.1 Å². The van der Waals surface area contributed by atoms with Crippen LogP contribution in [0.3, 0.4) is 0 Å². The van der Waals surface area contributed by atoms with Crippen LogP contribution in [0.2, 0.25) is 0 Å². The van der Waals surface area contributed by atoms with Crippen LogP contribution < -0.4 is 5.32 Å². The molecule has 1 amide bonds. The number of sulfonamides is 1. The number of aromatic nitrogens is 2. The molecule has 7 nitrogen and oxygen atoms in total. The summed E-state index contributed by atoms with van der Waals surface area (Å²) in [5.41, 5.74) is 2.37. The molecule has 1 N–H and O–H groups in total. The average Bonchev–Trinajstić information content (AvgIpc) is 3.43. The molecule has 0 aliphatic carbocycles. The Morgan fingerprint density at radius 3 is 2.68 bits per heavy atom. The summed E-state index contributed by atoms with van der Waals surface area (Å²) in [6.07, 6.45) is 3.41. The van der Waals surface area contributed by atoms with E-state index in [4.69, 9.17) is 0 Å². The maximum absolute atomic E-state index is 12.9. The van der Waals surface area contributed by atoms with Gasteiger partial charge in [0.25, 0.3) is 5.91 Å². The third kappa shape index (κ3) is 3.48. The van der Waals surface area contributed by atoms with Crippen LogP contribution in [0.1, 0.15) is 28.2 Å². The molecule has 1 aliphatic rings. The van der Waals surface area contributed by atoms with Crippen LogP contribution in [0.5, 0.6) is 0 Å². The van der Waals surface area contributed by atoms with Crippen molar-refractivity contribution in [2.75, 3.05) is 18.4 Å². The van der Waals surface area contributed by atoms with Crippen LogP contribution in [0, 0.1) is 6.92 Å². The summed E-state index contributed by atoms with van der Waals surface area (Å²) in [7, 11) is -3.64. The van der Waals surface area contributed by atoms with Crippen LogP contribution >= 0.6 is 11.3 Å². The van der Waals surface area contributed by atoms with Gasteiger partial charge in [0, 0.05) is 30.7 Å². The van der Waals surface area contributed by atoms with E-state index in [-0.39, 0.29) is 9.77 Å². The number of carbonyl (C=O) groups excluding carboxylic acids is 1. The van der Waals surface area contributed by atoms with Gasteiger partial charge >= 0.3 is 0 Å². The Hall–Kier alpha value is -2.49. The number of anilines is 1. The molecule has 9 heteroatoms. The first-order valence-electron chi connectivity index (χ1n) is 8.97. The molecule has 28 heavy (non-hydrogen) atoms. The molecule has 4 rings (SSSR count). The van der Waals surface area contributed by atoms with E-state index in [1.54, 1.807) is 28.4 Å². The van der Waals surface area contributed by atoms with Crippen molar-refractivity contribution in [3.63, 3.8) is 0 Å². The molecular weight excluding hydrogens is 396 g/mol. The van der Waals surface area contributed by atoms with Crippen molar-refractivity contribution in [1.29, 1.82) is 0 Å². The quantitative estimate of drug-likeness (QED) is 0.692. The molecule has 0 bridgehead atoms. The second-order valence-electron chi connectivity index (χ2n) is 6.61. The van der Waals surface area contributed by atoms with E-state index in [0.717, 1.165) is 35.6 Å². The van der Waals surface area contributed by atoms with E-state index in [1.165, 1.54) is 10.4 Å². The number of hydrogen-bond acceptors (Lipinski definition) is 5. The lowest BCUT2D eigenvalue weighted by Crippen LogP contribution is -2.29. The minimum atomic E-state index is -3.64. The van der Waals surface area contributed by atoms with Gasteiger partial charge in [-0.1, -0.05) is 6.07 Å². The van der Waals surface area contributed by atoms with Crippen molar-refractivity contribution in [3.05, 3.63) is 58.5 Å². The summed E-state index contributed by atoms with van der Waals surface area (Å²) in [6, 6.07) is 10.7. The van der Waals surface area contributed by atoms with E-state index in [2.05, 4.69) is 10.4 Å². The lowest BCUT2D eigenvalue weighted by molar-refractivity contribution is 0.102. The Labute approximate surface area is 167 Å². The predicted molar refractivity (Wildman–Crippen MR) is 109 cm³/mol. The van der Waals surface area contributed by atoms with E-state index in [9.17, 15) is 13.2 Å². The highest BCUT2D eigenvalue weighted by Crippen LogP contribution is 2.28. The predicted octanol–water partition coefficient (Wildman–Crippen LogP) is 3.28. The van der Waals surface area contributed by atoms with Gasteiger partial charge in [-0.2, -0.15) is 9.40 Å². The molecule has 3 heterocycles. The molecule has 0 atom stereocenters. The molecule has 146 valence electrons. The summed E-state index contributed by atoms with van der Waals surface area (Å²) in [4.78, 5) is 13.1. The van der Waals surface area contributed by atoms with Gasteiger partial charge in [0.2, 0.25) is 10.0 Å². The normalized spacial score (nSPS) is 15.0. The zero-order chi connectivity index (χ0) is 19.7. The molecule has 0 unspecified atom stereocenters. The van der Waals surface area contributed by atoms with Gasteiger partial charge in [-0.05, 0) is 55.5 Å². The van der Waals surface area contributed by atoms with Gasteiger partial charge in [0.15, 0.2) is 0 Å². The maximum Gasteiger partial charge on any atom is 0.267 e. The Balaban J connectivity index is 1.59. The van der Waals surface area contributed by atoms with Crippen molar-refractivity contribution in [2.24, 2.45) is 0 Å². The first kappa shape index (κ1) is 18.9. The number of rotatable bonds is 5. The number of thiophene rings is 1. The second-order valence-corrected chi connectivity index (χ2v) is 9.44. The molecule has 1 saturated heterocycles. The molecule has 1 fully saturated rings. The van der Waals surface area contributed by atoms with Crippen molar-refractivity contribution in [1.82, 2.24) is 14.1 Å². The average molecular weight is 417 g/mol. The highest BCUT2D eigenvalue weighted by Gasteiger charge is 2.31. The number of amides is 1. The highest BCUT2D eigenvalue weighted by atomic mass is 32.2. The number of aryl methyl sites for hydroxylation is 1. The van der Waals surface area contributed by atoms with Crippen LogP contribution in [-0.2, 0) is 10.0 Å². The van der Waals surface area contributed by atoms with Gasteiger partial charge in [-0.3, -0.25) is 4.79 Å². The third-order valence-corrected chi connectivity index (χ3v) is 7.68. The summed E-state index contributed by atoms with van der Waals surface area (Å²) >= 11 is 1.13. The fourth-order valence-corrected chi connectivity index (χ4v) is 6.09. The number of carbonyl (C=O) groups is 1. The maximum atomic E-state index is 12.9. The summed E-state index contributed by atoms with van der Waals surface area (Å²) < 4.78 is 28.9. The minimum Gasteiger partial charge on any atom is -0.321 e. The zero-order valence-corrected chi connectivity index (χ0v) is 17.0. The van der Waals surface area contributed by atoms with Crippen molar-refractivity contribution >= 4 is 33.0 Å². The Morgan fingerprint density at radius 2 is 1.96 bits per heavy atom. The number of benzene rings is 1. The van der Waals surface area contributed by atoms with Crippen LogP contribution in [0.4, 0.5) is 5.69 Å². The molecule has 1 aliphatic heterocycles. The summed E-state index contributed by atoms with van der Waals surface area (Å²) in [5.74, 6) is -0.429. The van der Waals surface area contributed by atoms with Crippen molar-refractivity contribution in [2.45, 2.75) is 24.7 Å². The minimum absolute atomic E-state index is 0.0796. The smallest absolute Gasteiger partial charge is 0.267 e. The van der Waals surface area contributed by atoms with Crippen molar-refractivity contribution < 1.29 is 13.2 Å². The monoisotopic (exact) mass is 416 g/mol. The summed E-state index contributed by atoms with van der Waals surface area (Å²) in [5, 5.41) is 8.72. The number of nitrogens with one attached hydrogen (secondary N) is 1. The lowest BCUT2D eigenvalue weighted by atomic mass is 10.2. The zero-order valence-electron chi connectivity index (χ0n) is 15.3. The fraction of sp³-hybridized carbons (Fsp3) is 0.263. The molecule has 0 radical (unpaired) electrons.